The molecule has 0 bridgehead atoms. The lowest BCUT2D eigenvalue weighted by Gasteiger charge is -2.25. The normalized spacial score (nSPS) is 23.6. The monoisotopic (exact) mass is 262 g/mol. The van der Waals surface area contributed by atoms with Crippen LogP contribution < -0.4 is 19.7 Å². The number of anilines is 1. The molecule has 0 amide bonds. The van der Waals surface area contributed by atoms with Gasteiger partial charge in [-0.3, -0.25) is 0 Å². The van der Waals surface area contributed by atoms with E-state index in [-0.39, 0.29) is 0 Å². The summed E-state index contributed by atoms with van der Waals surface area (Å²) in [4.78, 5) is 2.43. The number of fused-ring (bicyclic) bond motifs is 1. The minimum atomic E-state index is 0.665. The van der Waals surface area contributed by atoms with Gasteiger partial charge in [-0.15, -0.1) is 0 Å². The molecule has 1 N–H and O–H groups in total. The fourth-order valence-corrected chi connectivity index (χ4v) is 2.68. The van der Waals surface area contributed by atoms with Crippen molar-refractivity contribution in [2.24, 2.45) is 5.92 Å². The van der Waals surface area contributed by atoms with Crippen molar-refractivity contribution in [1.82, 2.24) is 5.32 Å². The van der Waals surface area contributed by atoms with E-state index in [1.54, 1.807) is 0 Å². The third-order valence-corrected chi connectivity index (χ3v) is 3.68. The molecule has 1 atom stereocenters. The van der Waals surface area contributed by atoms with Crippen LogP contribution in [0.5, 0.6) is 11.5 Å². The van der Waals surface area contributed by atoms with E-state index in [0.717, 1.165) is 57.3 Å². The van der Waals surface area contributed by atoms with Gasteiger partial charge in [0.05, 0.1) is 13.2 Å². The first kappa shape index (κ1) is 12.6. The Morgan fingerprint density at radius 2 is 2.05 bits per heavy atom. The molecule has 1 saturated heterocycles. The Bertz CT molecular complexity index is 436. The molecule has 3 rings (SSSR count). The summed E-state index contributed by atoms with van der Waals surface area (Å²) in [6, 6.07) is 6.31. The van der Waals surface area contributed by atoms with Gasteiger partial charge in [0.2, 0.25) is 0 Å². The Balaban J connectivity index is 1.82. The van der Waals surface area contributed by atoms with Crippen LogP contribution in [0, 0.1) is 5.92 Å². The van der Waals surface area contributed by atoms with Gasteiger partial charge in [-0.05, 0) is 24.6 Å². The second-order valence-electron chi connectivity index (χ2n) is 5.44. The molecule has 1 unspecified atom stereocenters. The number of rotatable bonds is 1. The first-order chi connectivity index (χ1) is 9.33. The van der Waals surface area contributed by atoms with Crippen LogP contribution in [-0.4, -0.2) is 39.4 Å². The molecule has 2 aliphatic heterocycles. The molecule has 1 aromatic rings. The molecule has 1 fully saturated rings. The van der Waals surface area contributed by atoms with Crippen molar-refractivity contribution in [2.75, 3.05) is 44.3 Å². The van der Waals surface area contributed by atoms with Gasteiger partial charge in [-0.25, -0.2) is 0 Å². The quantitative estimate of drug-likeness (QED) is 0.838. The van der Waals surface area contributed by atoms with Crippen LogP contribution in [-0.2, 0) is 0 Å². The van der Waals surface area contributed by atoms with Crippen LogP contribution in [0.4, 0.5) is 5.69 Å². The Morgan fingerprint density at radius 3 is 2.95 bits per heavy atom. The summed E-state index contributed by atoms with van der Waals surface area (Å²) in [6.07, 6.45) is 0.953. The van der Waals surface area contributed by atoms with E-state index < -0.39 is 0 Å². The molecule has 4 heteroatoms. The van der Waals surface area contributed by atoms with Gasteiger partial charge in [-0.2, -0.15) is 0 Å². The van der Waals surface area contributed by atoms with Gasteiger partial charge in [0.15, 0.2) is 11.5 Å². The summed E-state index contributed by atoms with van der Waals surface area (Å²) < 4.78 is 11.5. The Kier molecular flexibility index (Phi) is 3.78. The van der Waals surface area contributed by atoms with Crippen LogP contribution in [0.15, 0.2) is 18.2 Å². The second-order valence-corrected chi connectivity index (χ2v) is 5.44. The Morgan fingerprint density at radius 1 is 1.21 bits per heavy atom. The number of hydrogen-bond acceptors (Lipinski definition) is 4. The number of nitrogens with one attached hydrogen (secondary N) is 1. The van der Waals surface area contributed by atoms with E-state index in [2.05, 4.69) is 29.3 Å². The highest BCUT2D eigenvalue weighted by Crippen LogP contribution is 2.33. The molecule has 0 spiro atoms. The van der Waals surface area contributed by atoms with Crippen molar-refractivity contribution in [1.29, 1.82) is 0 Å². The maximum atomic E-state index is 5.77. The van der Waals surface area contributed by atoms with Gasteiger partial charge in [0, 0.05) is 37.8 Å². The van der Waals surface area contributed by atoms with Gasteiger partial charge < -0.3 is 19.7 Å². The van der Waals surface area contributed by atoms with Crippen LogP contribution in [0.25, 0.3) is 0 Å². The van der Waals surface area contributed by atoms with Crippen molar-refractivity contribution in [3.63, 3.8) is 0 Å². The molecule has 2 aliphatic rings. The predicted molar refractivity (Wildman–Crippen MR) is 76.3 cm³/mol. The fraction of sp³-hybridized carbons (Fsp3) is 0.600. The number of nitrogens with zero attached hydrogens (tertiary/aromatic N) is 1. The van der Waals surface area contributed by atoms with Crippen LogP contribution in [0.1, 0.15) is 13.3 Å². The van der Waals surface area contributed by atoms with Gasteiger partial charge in [0.25, 0.3) is 0 Å². The average molecular weight is 262 g/mol. The van der Waals surface area contributed by atoms with Crippen molar-refractivity contribution in [3.8, 4) is 11.5 Å². The summed E-state index contributed by atoms with van der Waals surface area (Å²) >= 11 is 0. The number of hydrogen-bond donors (Lipinski definition) is 1. The van der Waals surface area contributed by atoms with Gasteiger partial charge in [0.1, 0.15) is 0 Å². The van der Waals surface area contributed by atoms with Crippen molar-refractivity contribution < 1.29 is 9.47 Å². The standard InChI is InChI=1S/C15H22N2O2/c1-12-10-16-5-6-17(11-12)13-3-4-14-15(9-13)19-8-2-7-18-14/h3-4,9,12,16H,2,5-8,10-11H2,1H3. The molecule has 0 saturated carbocycles. The van der Waals surface area contributed by atoms with E-state index in [1.165, 1.54) is 5.69 Å². The largest absolute Gasteiger partial charge is 0.490 e. The third kappa shape index (κ3) is 2.95. The molecule has 0 aliphatic carbocycles. The summed E-state index contributed by atoms with van der Waals surface area (Å²) in [5.74, 6) is 2.43. The molecule has 0 aromatic heterocycles. The Hall–Kier alpha value is -1.42. The minimum absolute atomic E-state index is 0.665. The highest BCUT2D eigenvalue weighted by Gasteiger charge is 2.17. The highest BCUT2D eigenvalue weighted by atomic mass is 16.5. The molecule has 104 valence electrons. The minimum Gasteiger partial charge on any atom is -0.490 e. The first-order valence-corrected chi connectivity index (χ1v) is 7.18. The van der Waals surface area contributed by atoms with E-state index in [4.69, 9.17) is 9.47 Å². The van der Waals surface area contributed by atoms with Crippen molar-refractivity contribution in [3.05, 3.63) is 18.2 Å². The maximum Gasteiger partial charge on any atom is 0.163 e. The lowest BCUT2D eigenvalue weighted by molar-refractivity contribution is 0.297. The molecular formula is C15H22N2O2. The van der Waals surface area contributed by atoms with Gasteiger partial charge >= 0.3 is 0 Å². The van der Waals surface area contributed by atoms with Crippen LogP contribution in [0.3, 0.4) is 0 Å². The first-order valence-electron chi connectivity index (χ1n) is 7.18. The summed E-state index contributed by atoms with van der Waals surface area (Å²) in [6.45, 7) is 8.05. The van der Waals surface area contributed by atoms with E-state index in [9.17, 15) is 0 Å². The molecule has 19 heavy (non-hydrogen) atoms. The van der Waals surface area contributed by atoms with E-state index in [0.29, 0.717) is 5.92 Å². The molecular weight excluding hydrogens is 240 g/mol. The smallest absolute Gasteiger partial charge is 0.163 e. The SMILES string of the molecule is CC1CNCCN(c2ccc3c(c2)OCCCO3)C1. The maximum absolute atomic E-state index is 5.77. The lowest BCUT2D eigenvalue weighted by Crippen LogP contribution is -2.29. The molecule has 2 heterocycles. The van der Waals surface area contributed by atoms with Crippen molar-refractivity contribution >= 4 is 5.69 Å². The second kappa shape index (κ2) is 5.70. The zero-order valence-corrected chi connectivity index (χ0v) is 11.5. The zero-order valence-electron chi connectivity index (χ0n) is 11.5. The zero-order chi connectivity index (χ0) is 13.1. The van der Waals surface area contributed by atoms with E-state index >= 15 is 0 Å². The molecule has 4 nitrogen and oxygen atoms in total. The lowest BCUT2D eigenvalue weighted by atomic mass is 10.1. The topological polar surface area (TPSA) is 33.7 Å². The van der Waals surface area contributed by atoms with Gasteiger partial charge in [-0.1, -0.05) is 6.92 Å². The third-order valence-electron chi connectivity index (χ3n) is 3.68. The average Bonchev–Trinajstić information content (AvgIpc) is 2.77. The highest BCUT2D eigenvalue weighted by molar-refractivity contribution is 5.56. The number of benzene rings is 1. The Labute approximate surface area is 114 Å². The summed E-state index contributed by atoms with van der Waals surface area (Å²) in [5.41, 5.74) is 1.24. The fourth-order valence-electron chi connectivity index (χ4n) is 2.68. The summed E-state index contributed by atoms with van der Waals surface area (Å²) in [5, 5.41) is 3.47. The number of ether oxygens (including phenoxy) is 2. The summed E-state index contributed by atoms with van der Waals surface area (Å²) in [7, 11) is 0. The van der Waals surface area contributed by atoms with Crippen molar-refractivity contribution in [2.45, 2.75) is 13.3 Å². The molecule has 0 radical (unpaired) electrons. The van der Waals surface area contributed by atoms with E-state index in [1.807, 2.05) is 6.07 Å². The molecule has 1 aromatic carbocycles. The van der Waals surface area contributed by atoms with Crippen LogP contribution in [0.2, 0.25) is 0 Å². The van der Waals surface area contributed by atoms with Crippen LogP contribution >= 0.6 is 0 Å². The predicted octanol–water partition coefficient (Wildman–Crippen LogP) is 1.89.